The maximum Gasteiger partial charge on any atom is 0.239 e. The zero-order valence-corrected chi connectivity index (χ0v) is 25.0. The predicted octanol–water partition coefficient (Wildman–Crippen LogP) is 1.72. The van der Waals surface area contributed by atoms with Crippen molar-refractivity contribution in [1.82, 2.24) is 13.9 Å². The van der Waals surface area contributed by atoms with Gasteiger partial charge in [-0.25, -0.2) is 34.9 Å². The average Bonchev–Trinajstić information content (AvgIpc) is 2.83. The second-order valence-electron chi connectivity index (χ2n) is 10.5. The highest BCUT2D eigenvalue weighted by Gasteiger charge is 2.43. The molecule has 2 heterocycles. The Morgan fingerprint density at radius 3 is 2.10 bits per heavy atom. The first-order valence-electron chi connectivity index (χ1n) is 12.3. The lowest BCUT2D eigenvalue weighted by Crippen LogP contribution is -2.56. The van der Waals surface area contributed by atoms with Gasteiger partial charge in [0.25, 0.3) is 0 Å². The van der Waals surface area contributed by atoms with Crippen molar-refractivity contribution in [1.29, 1.82) is 0 Å². The Labute approximate surface area is 239 Å². The number of nitrogens with two attached hydrogens (primary N) is 2. The first-order chi connectivity index (χ1) is 18.7. The van der Waals surface area contributed by atoms with Crippen LogP contribution in [-0.4, -0.2) is 62.8 Å². The van der Waals surface area contributed by atoms with Crippen LogP contribution in [0.25, 0.3) is 0 Å². The Bertz CT molecular complexity index is 1650. The minimum Gasteiger partial charge on any atom is -0.399 e. The fourth-order valence-corrected chi connectivity index (χ4v) is 7.63. The molecule has 15 heteroatoms. The van der Waals surface area contributed by atoms with Gasteiger partial charge in [0.2, 0.25) is 26.0 Å². The van der Waals surface area contributed by atoms with Crippen molar-refractivity contribution < 1.29 is 30.4 Å². The van der Waals surface area contributed by atoms with E-state index in [1.807, 2.05) is 0 Å². The van der Waals surface area contributed by atoms with Crippen LogP contribution in [0.3, 0.4) is 0 Å². The maximum absolute atomic E-state index is 14.2. The predicted molar refractivity (Wildman–Crippen MR) is 153 cm³/mol. The fourth-order valence-electron chi connectivity index (χ4n) is 4.64. The summed E-state index contributed by atoms with van der Waals surface area (Å²) < 4.78 is 78.5. The number of Topliss-reactive ketones (excluding diaryl/α,β-unsaturated/α-hetero) is 1. The number of ketones is 1. The summed E-state index contributed by atoms with van der Waals surface area (Å²) in [5.41, 5.74) is 10.2. The molecular weight excluding hydrogens is 578 g/mol. The number of nitrogens with one attached hydrogen (secondary N) is 1. The molecule has 4 rings (SSSR count). The molecule has 5 N–H and O–H groups in total. The molecule has 11 nitrogen and oxygen atoms in total. The number of rotatable bonds is 4. The second-order valence-corrected chi connectivity index (χ2v) is 14.5. The van der Waals surface area contributed by atoms with Gasteiger partial charge in [-0.15, -0.1) is 0 Å². The fraction of sp³-hybridized carbons (Fsp3) is 0.385. The number of guanidine groups is 1. The summed E-state index contributed by atoms with van der Waals surface area (Å²) in [4.78, 5) is 15.4. The second kappa shape index (κ2) is 10.9. The largest absolute Gasteiger partial charge is 0.399 e. The van der Waals surface area contributed by atoms with Gasteiger partial charge in [-0.3, -0.25) is 9.10 Å². The van der Waals surface area contributed by atoms with Crippen LogP contribution in [0.2, 0.25) is 0 Å². The molecule has 0 saturated carbocycles. The zero-order chi connectivity index (χ0) is 31.1. The highest BCUT2D eigenvalue weighted by atomic mass is 32.2. The number of hydrogen-bond donors (Lipinski definition) is 3. The van der Waals surface area contributed by atoms with Gasteiger partial charge in [0.15, 0.2) is 0 Å². The molecule has 2 aliphatic rings. The van der Waals surface area contributed by atoms with Crippen LogP contribution in [-0.2, 0) is 42.3 Å². The number of sulfonamides is 2. The molecule has 41 heavy (non-hydrogen) atoms. The van der Waals surface area contributed by atoms with E-state index < -0.39 is 48.5 Å². The van der Waals surface area contributed by atoms with Crippen molar-refractivity contribution in [2.45, 2.75) is 38.3 Å². The number of carbonyl (C=O) groups is 1. The summed E-state index contributed by atoms with van der Waals surface area (Å²) in [6.45, 7) is 8.20. The first-order valence-corrected chi connectivity index (χ1v) is 15.5. The van der Waals surface area contributed by atoms with E-state index in [4.69, 9.17) is 11.5 Å². The Hall–Kier alpha value is -3.72. The third-order valence-corrected chi connectivity index (χ3v) is 10.8. The van der Waals surface area contributed by atoms with Gasteiger partial charge in [0, 0.05) is 37.3 Å². The summed E-state index contributed by atoms with van der Waals surface area (Å²) >= 11 is 0. The van der Waals surface area contributed by atoms with Crippen LogP contribution in [0, 0.1) is 11.6 Å². The summed E-state index contributed by atoms with van der Waals surface area (Å²) in [5.74, 6) is -1.79. The van der Waals surface area contributed by atoms with Gasteiger partial charge in [0.05, 0.1) is 17.0 Å². The van der Waals surface area contributed by atoms with Crippen LogP contribution in [0.15, 0.2) is 53.8 Å². The van der Waals surface area contributed by atoms with Crippen molar-refractivity contribution in [2.75, 3.05) is 31.3 Å². The molecule has 224 valence electrons. The van der Waals surface area contributed by atoms with E-state index in [2.05, 4.69) is 16.9 Å². The van der Waals surface area contributed by atoms with E-state index in [-0.39, 0.29) is 40.9 Å². The van der Waals surface area contributed by atoms with Gasteiger partial charge in [-0.1, -0.05) is 12.6 Å². The third-order valence-electron chi connectivity index (χ3n) is 6.90. The SMILES string of the molecule is C=C1N[C@](C)(c2cc(N)ccc2F)CS(=O)(=O)N1C.CC(=O)Cc1ccc(F)c([C@]2(C)CS(=O)(=O)N(C)C(N)=N2)c1. The van der Waals surface area contributed by atoms with Crippen molar-refractivity contribution in [3.63, 3.8) is 0 Å². The Kier molecular flexibility index (Phi) is 8.48. The molecule has 2 aromatic carbocycles. The zero-order valence-electron chi connectivity index (χ0n) is 23.4. The van der Waals surface area contributed by atoms with Gasteiger partial charge in [0.1, 0.15) is 28.8 Å². The number of aliphatic imine (C=N–C) groups is 1. The van der Waals surface area contributed by atoms with Crippen LogP contribution in [0.1, 0.15) is 37.5 Å². The van der Waals surface area contributed by atoms with Crippen LogP contribution in [0.5, 0.6) is 0 Å². The monoisotopic (exact) mass is 612 g/mol. The smallest absolute Gasteiger partial charge is 0.239 e. The number of halogens is 2. The van der Waals surface area contributed by atoms with Crippen molar-refractivity contribution in [3.05, 3.63) is 77.1 Å². The number of carbonyl (C=O) groups excluding carboxylic acids is 1. The molecule has 1 fully saturated rings. The summed E-state index contributed by atoms with van der Waals surface area (Å²) in [6.07, 6.45) is 0.148. The third kappa shape index (κ3) is 6.62. The molecule has 2 aromatic rings. The summed E-state index contributed by atoms with van der Waals surface area (Å²) in [5, 5.41) is 2.94. The average molecular weight is 613 g/mol. The van der Waals surface area contributed by atoms with E-state index >= 15 is 0 Å². The number of anilines is 1. The molecule has 0 aromatic heterocycles. The first kappa shape index (κ1) is 31.8. The van der Waals surface area contributed by atoms with Gasteiger partial charge in [-0.2, -0.15) is 0 Å². The summed E-state index contributed by atoms with van der Waals surface area (Å²) in [7, 11) is -4.50. The molecule has 0 unspecified atom stereocenters. The lowest BCUT2D eigenvalue weighted by Gasteiger charge is -2.41. The lowest BCUT2D eigenvalue weighted by atomic mass is 9.91. The number of nitrogen functional groups attached to an aromatic ring is 1. The molecule has 0 spiro atoms. The lowest BCUT2D eigenvalue weighted by molar-refractivity contribution is -0.116. The molecule has 1 saturated heterocycles. The maximum atomic E-state index is 14.2. The van der Waals surface area contributed by atoms with Crippen LogP contribution < -0.4 is 16.8 Å². The van der Waals surface area contributed by atoms with Gasteiger partial charge < -0.3 is 16.8 Å². The molecular formula is C26H34F2N6O5S2. The highest BCUT2D eigenvalue weighted by Crippen LogP contribution is 2.34. The van der Waals surface area contributed by atoms with E-state index in [9.17, 15) is 30.4 Å². The minimum atomic E-state index is -3.68. The van der Waals surface area contributed by atoms with Gasteiger partial charge >= 0.3 is 0 Å². The number of hydrogen-bond acceptors (Lipinski definition) is 9. The number of benzene rings is 2. The molecule has 0 bridgehead atoms. The van der Waals surface area contributed by atoms with Crippen molar-refractivity contribution >= 4 is 37.5 Å². The van der Waals surface area contributed by atoms with E-state index in [1.165, 1.54) is 64.3 Å². The molecule has 0 radical (unpaired) electrons. The molecule has 2 aliphatic heterocycles. The molecule has 0 amide bonds. The Morgan fingerprint density at radius 1 is 0.976 bits per heavy atom. The van der Waals surface area contributed by atoms with Crippen molar-refractivity contribution in [2.24, 2.45) is 10.7 Å². The van der Waals surface area contributed by atoms with E-state index in [0.29, 0.717) is 11.3 Å². The van der Waals surface area contributed by atoms with E-state index in [1.54, 1.807) is 6.92 Å². The normalized spacial score (nSPS) is 25.0. The molecule has 2 atom stereocenters. The Morgan fingerprint density at radius 2 is 1.54 bits per heavy atom. The quantitative estimate of drug-likeness (QED) is 0.439. The summed E-state index contributed by atoms with van der Waals surface area (Å²) in [6, 6.07) is 8.30. The standard InChI is InChI=1S/C14H18FN3O3S.C12H16FN3O2S/c1-9(19)6-10-4-5-12(15)11(7-10)14(2)8-22(20,21)18(3)13(16)17-14;1-8-15-12(2,7-19(17,18)16(8)3)10-6-9(14)4-5-11(10)13/h4-5,7H,6,8H2,1-3H3,(H2,16,17);4-6,15H,1,7,14H2,2-3H3/t14-;12-/m00/s1. The Balaban J connectivity index is 0.000000228. The minimum absolute atomic E-state index is 0.0678. The number of nitrogens with zero attached hydrogens (tertiary/aromatic N) is 3. The van der Waals surface area contributed by atoms with Gasteiger partial charge in [-0.05, 0) is 56.7 Å². The van der Waals surface area contributed by atoms with E-state index in [0.717, 1.165) is 8.61 Å². The highest BCUT2D eigenvalue weighted by molar-refractivity contribution is 7.89. The van der Waals surface area contributed by atoms with Crippen molar-refractivity contribution in [3.8, 4) is 0 Å². The van der Waals surface area contributed by atoms with Crippen LogP contribution >= 0.6 is 0 Å². The molecule has 0 aliphatic carbocycles. The topological polar surface area (TPSA) is 168 Å². The van der Waals surface area contributed by atoms with Crippen LogP contribution in [0.4, 0.5) is 14.5 Å².